The lowest BCUT2D eigenvalue weighted by molar-refractivity contribution is -0.155. The molecule has 7 heteroatoms. The zero-order valence-electron chi connectivity index (χ0n) is 19.3. The molecular formula is C24H34N4O3. The van der Waals surface area contributed by atoms with Gasteiger partial charge in [-0.15, -0.1) is 0 Å². The number of carbonyl (C=O) groups is 2. The van der Waals surface area contributed by atoms with E-state index < -0.39 is 12.1 Å². The fourth-order valence-electron chi connectivity index (χ4n) is 4.16. The fourth-order valence-corrected chi connectivity index (χ4v) is 4.16. The lowest BCUT2D eigenvalue weighted by Gasteiger charge is -2.23. The maximum Gasteiger partial charge on any atom is 0.331 e. The summed E-state index contributed by atoms with van der Waals surface area (Å²) in [5.74, 6) is 0.375. The van der Waals surface area contributed by atoms with Crippen LogP contribution in [0.15, 0.2) is 24.4 Å². The highest BCUT2D eigenvalue weighted by Crippen LogP contribution is 2.23. The lowest BCUT2D eigenvalue weighted by atomic mass is 10.2. The highest BCUT2D eigenvalue weighted by atomic mass is 16.5. The SMILES string of the molecule is Cc1cc(/C=C/C(=O)O[C@H](C)C(=O)N2CCCCCC2)c(C)n1-c1ccnn1C(C)C. The van der Waals surface area contributed by atoms with Gasteiger partial charge in [-0.2, -0.15) is 5.10 Å². The maximum absolute atomic E-state index is 12.6. The number of amides is 1. The zero-order chi connectivity index (χ0) is 22.5. The third-order valence-electron chi connectivity index (χ3n) is 5.80. The Balaban J connectivity index is 1.68. The van der Waals surface area contributed by atoms with Crippen LogP contribution in [0.25, 0.3) is 11.9 Å². The van der Waals surface area contributed by atoms with Gasteiger partial charge in [0.25, 0.3) is 5.91 Å². The van der Waals surface area contributed by atoms with E-state index in [0.717, 1.165) is 61.5 Å². The van der Waals surface area contributed by atoms with Crippen LogP contribution in [0, 0.1) is 13.8 Å². The number of aryl methyl sites for hydroxylation is 1. The predicted octanol–water partition coefficient (Wildman–Crippen LogP) is 4.22. The maximum atomic E-state index is 12.6. The highest BCUT2D eigenvalue weighted by molar-refractivity contribution is 5.90. The average molecular weight is 427 g/mol. The van der Waals surface area contributed by atoms with Crippen molar-refractivity contribution < 1.29 is 14.3 Å². The van der Waals surface area contributed by atoms with Crippen molar-refractivity contribution in [1.82, 2.24) is 19.2 Å². The van der Waals surface area contributed by atoms with Crippen molar-refractivity contribution in [1.29, 1.82) is 0 Å². The second-order valence-electron chi connectivity index (χ2n) is 8.54. The van der Waals surface area contributed by atoms with Crippen LogP contribution in [0.5, 0.6) is 0 Å². The molecule has 1 fully saturated rings. The molecule has 3 rings (SSSR count). The number of carbonyl (C=O) groups excluding carboxylic acids is 2. The first-order valence-corrected chi connectivity index (χ1v) is 11.2. The molecule has 0 radical (unpaired) electrons. The van der Waals surface area contributed by atoms with E-state index in [1.165, 1.54) is 6.08 Å². The van der Waals surface area contributed by atoms with Crippen molar-refractivity contribution >= 4 is 18.0 Å². The minimum absolute atomic E-state index is 0.108. The van der Waals surface area contributed by atoms with E-state index in [4.69, 9.17) is 4.74 Å². The van der Waals surface area contributed by atoms with Gasteiger partial charge in [-0.3, -0.25) is 4.79 Å². The first-order chi connectivity index (χ1) is 14.8. The molecule has 1 aliphatic heterocycles. The molecule has 1 amide bonds. The molecule has 1 aliphatic rings. The summed E-state index contributed by atoms with van der Waals surface area (Å²) >= 11 is 0. The van der Waals surface area contributed by atoms with Gasteiger partial charge in [0.15, 0.2) is 6.10 Å². The molecule has 0 aromatic carbocycles. The van der Waals surface area contributed by atoms with Crippen LogP contribution in [0.4, 0.5) is 0 Å². The molecule has 3 heterocycles. The zero-order valence-corrected chi connectivity index (χ0v) is 19.3. The van der Waals surface area contributed by atoms with Crippen LogP contribution >= 0.6 is 0 Å². The number of nitrogens with zero attached hydrogens (tertiary/aromatic N) is 4. The van der Waals surface area contributed by atoms with Crippen LogP contribution in [-0.2, 0) is 14.3 Å². The van der Waals surface area contributed by atoms with Crippen molar-refractivity contribution in [2.75, 3.05) is 13.1 Å². The Morgan fingerprint density at radius 2 is 1.77 bits per heavy atom. The highest BCUT2D eigenvalue weighted by Gasteiger charge is 2.24. The largest absolute Gasteiger partial charge is 0.449 e. The number of likely N-dealkylation sites (tertiary alicyclic amines) is 1. The van der Waals surface area contributed by atoms with Crippen molar-refractivity contribution in [3.8, 4) is 5.82 Å². The molecular weight excluding hydrogens is 392 g/mol. The number of ether oxygens (including phenoxy) is 1. The Hall–Kier alpha value is -2.83. The number of hydrogen-bond acceptors (Lipinski definition) is 4. The summed E-state index contributed by atoms with van der Waals surface area (Å²) in [4.78, 5) is 26.8. The van der Waals surface area contributed by atoms with Gasteiger partial charge in [-0.05, 0) is 65.2 Å². The first kappa shape index (κ1) is 22.8. The van der Waals surface area contributed by atoms with Gasteiger partial charge >= 0.3 is 5.97 Å². The summed E-state index contributed by atoms with van der Waals surface area (Å²) in [6.07, 6.45) is 8.49. The number of aromatic nitrogens is 3. The Bertz CT molecular complexity index is 946. The fraction of sp³-hybridized carbons (Fsp3) is 0.542. The Labute approximate surface area is 184 Å². The van der Waals surface area contributed by atoms with E-state index in [2.05, 4.69) is 23.5 Å². The van der Waals surface area contributed by atoms with Crippen molar-refractivity contribution in [3.05, 3.63) is 41.4 Å². The second kappa shape index (κ2) is 9.98. The molecule has 0 N–H and O–H groups in total. The van der Waals surface area contributed by atoms with E-state index in [9.17, 15) is 9.59 Å². The molecule has 0 aliphatic carbocycles. The quantitative estimate of drug-likeness (QED) is 0.512. The molecule has 0 saturated carbocycles. The monoisotopic (exact) mass is 426 g/mol. The van der Waals surface area contributed by atoms with E-state index >= 15 is 0 Å². The molecule has 168 valence electrons. The van der Waals surface area contributed by atoms with Crippen molar-refractivity contribution in [2.45, 2.75) is 72.4 Å². The average Bonchev–Trinajstić information content (AvgIpc) is 3.18. The number of esters is 1. The smallest absolute Gasteiger partial charge is 0.331 e. The minimum Gasteiger partial charge on any atom is -0.449 e. The Morgan fingerprint density at radius 3 is 2.42 bits per heavy atom. The van der Waals surface area contributed by atoms with Gasteiger partial charge in [0, 0.05) is 42.7 Å². The molecule has 0 unspecified atom stereocenters. The van der Waals surface area contributed by atoms with Gasteiger partial charge in [0.1, 0.15) is 5.82 Å². The van der Waals surface area contributed by atoms with Crippen LogP contribution in [-0.4, -0.2) is 50.3 Å². The van der Waals surface area contributed by atoms with E-state index in [1.54, 1.807) is 19.2 Å². The normalized spacial score (nSPS) is 16.0. The molecule has 0 bridgehead atoms. The predicted molar refractivity (Wildman–Crippen MR) is 121 cm³/mol. The molecule has 2 aromatic rings. The van der Waals surface area contributed by atoms with Gasteiger partial charge in [-0.25, -0.2) is 9.48 Å². The molecule has 1 atom stereocenters. The van der Waals surface area contributed by atoms with Crippen molar-refractivity contribution in [2.24, 2.45) is 0 Å². The van der Waals surface area contributed by atoms with Crippen LogP contribution in [0.3, 0.4) is 0 Å². The Morgan fingerprint density at radius 1 is 1.10 bits per heavy atom. The van der Waals surface area contributed by atoms with Gasteiger partial charge in [-0.1, -0.05) is 12.8 Å². The van der Waals surface area contributed by atoms with Crippen molar-refractivity contribution in [3.63, 3.8) is 0 Å². The summed E-state index contributed by atoms with van der Waals surface area (Å²) in [6.45, 7) is 11.4. The molecule has 1 saturated heterocycles. The van der Waals surface area contributed by atoms with Gasteiger partial charge < -0.3 is 14.2 Å². The van der Waals surface area contributed by atoms with Crippen LogP contribution < -0.4 is 0 Å². The second-order valence-corrected chi connectivity index (χ2v) is 8.54. The minimum atomic E-state index is -0.775. The summed E-state index contributed by atoms with van der Waals surface area (Å²) in [7, 11) is 0. The third-order valence-corrected chi connectivity index (χ3v) is 5.80. The van der Waals surface area contributed by atoms with Gasteiger partial charge in [0.2, 0.25) is 0 Å². The third kappa shape index (κ3) is 5.27. The summed E-state index contributed by atoms with van der Waals surface area (Å²) < 4.78 is 9.49. The van der Waals surface area contributed by atoms with Gasteiger partial charge in [0.05, 0.1) is 6.20 Å². The molecule has 31 heavy (non-hydrogen) atoms. The molecule has 7 nitrogen and oxygen atoms in total. The van der Waals surface area contributed by atoms with E-state index in [1.807, 2.05) is 35.6 Å². The summed E-state index contributed by atoms with van der Waals surface area (Å²) in [5.41, 5.74) is 2.99. The standard InChI is InChI=1S/C24H34N4O3/c1-17(2)28-22(12-13-25-28)27-18(3)16-21(19(27)4)10-11-23(29)31-20(5)24(30)26-14-8-6-7-9-15-26/h10-13,16-17,20H,6-9,14-15H2,1-5H3/b11-10+/t20-/m1/s1. The topological polar surface area (TPSA) is 69.4 Å². The molecule has 0 spiro atoms. The number of hydrogen-bond donors (Lipinski definition) is 0. The Kier molecular flexibility index (Phi) is 7.36. The summed E-state index contributed by atoms with van der Waals surface area (Å²) in [5, 5.41) is 4.42. The lowest BCUT2D eigenvalue weighted by Crippen LogP contribution is -2.40. The molecule has 2 aromatic heterocycles. The van der Waals surface area contributed by atoms with Crippen LogP contribution in [0.1, 0.15) is 69.4 Å². The summed E-state index contributed by atoms with van der Waals surface area (Å²) in [6, 6.07) is 4.25. The van der Waals surface area contributed by atoms with Crippen LogP contribution in [0.2, 0.25) is 0 Å². The van der Waals surface area contributed by atoms with E-state index in [-0.39, 0.29) is 11.9 Å². The van der Waals surface area contributed by atoms with E-state index in [0.29, 0.717) is 0 Å². The number of rotatable bonds is 6. The first-order valence-electron chi connectivity index (χ1n) is 11.2.